The number of rotatable bonds is 7. The van der Waals surface area contributed by atoms with Gasteiger partial charge in [-0.05, 0) is 31.2 Å². The third-order valence-corrected chi connectivity index (χ3v) is 4.09. The topological polar surface area (TPSA) is 85.2 Å². The van der Waals surface area contributed by atoms with Crippen LogP contribution in [0.4, 0.5) is 5.69 Å². The smallest absolute Gasteiger partial charge is 0.244 e. The summed E-state index contributed by atoms with van der Waals surface area (Å²) < 4.78 is 7.31. The number of carbonyl (C=O) groups excluding carboxylic acids is 2. The molecular weight excluding hydrogens is 344 g/mol. The van der Waals surface area contributed by atoms with Gasteiger partial charge < -0.3 is 19.9 Å². The highest BCUT2D eigenvalue weighted by Crippen LogP contribution is 2.24. The molecule has 0 aliphatic rings. The van der Waals surface area contributed by atoms with Gasteiger partial charge in [0.2, 0.25) is 11.8 Å². The zero-order chi connectivity index (χ0) is 19.2. The van der Waals surface area contributed by atoms with E-state index in [0.717, 1.165) is 11.0 Å². The van der Waals surface area contributed by atoms with E-state index in [0.29, 0.717) is 23.9 Å². The fourth-order valence-corrected chi connectivity index (χ4v) is 2.85. The minimum absolute atomic E-state index is 0.0489. The number of likely N-dealkylation sites (N-methyl/N-ethyl adjacent to an activating group) is 1. The molecule has 0 fully saturated rings. The van der Waals surface area contributed by atoms with Gasteiger partial charge in [-0.25, -0.2) is 4.98 Å². The molecule has 0 radical (unpaired) electrons. The van der Waals surface area contributed by atoms with Gasteiger partial charge in [0.1, 0.15) is 18.1 Å². The lowest BCUT2D eigenvalue weighted by atomic mass is 10.3. The SMILES string of the molecule is CCOc1ccccc1NC(=O)Cn1c(CC(=O)NC)nc2ccccc21. The van der Waals surface area contributed by atoms with Crippen molar-refractivity contribution in [1.82, 2.24) is 14.9 Å². The van der Waals surface area contributed by atoms with Crippen LogP contribution in [-0.2, 0) is 22.6 Å². The van der Waals surface area contributed by atoms with E-state index in [9.17, 15) is 9.59 Å². The summed E-state index contributed by atoms with van der Waals surface area (Å²) in [7, 11) is 1.58. The van der Waals surface area contributed by atoms with E-state index in [1.54, 1.807) is 17.7 Å². The van der Waals surface area contributed by atoms with Crippen LogP contribution in [0.3, 0.4) is 0 Å². The molecule has 0 saturated heterocycles. The maximum Gasteiger partial charge on any atom is 0.244 e. The van der Waals surface area contributed by atoms with Gasteiger partial charge in [-0.15, -0.1) is 0 Å². The first-order valence-corrected chi connectivity index (χ1v) is 8.78. The average Bonchev–Trinajstić information content (AvgIpc) is 3.00. The molecule has 0 spiro atoms. The monoisotopic (exact) mass is 366 g/mol. The standard InChI is InChI=1S/C20H22N4O3/c1-3-27-17-11-7-5-9-15(17)23-20(26)13-24-16-10-6-4-8-14(16)22-18(24)12-19(25)21-2/h4-11H,3,12-13H2,1-2H3,(H,21,25)(H,23,26). The molecule has 1 heterocycles. The highest BCUT2D eigenvalue weighted by Gasteiger charge is 2.16. The van der Waals surface area contributed by atoms with Crippen molar-refractivity contribution in [3.63, 3.8) is 0 Å². The number of amides is 2. The maximum atomic E-state index is 12.7. The van der Waals surface area contributed by atoms with Crippen LogP contribution >= 0.6 is 0 Å². The molecule has 2 amide bonds. The zero-order valence-electron chi connectivity index (χ0n) is 15.4. The number of fused-ring (bicyclic) bond motifs is 1. The zero-order valence-corrected chi connectivity index (χ0v) is 15.4. The first-order valence-electron chi connectivity index (χ1n) is 8.78. The fraction of sp³-hybridized carbons (Fsp3) is 0.250. The second-order valence-corrected chi connectivity index (χ2v) is 5.93. The molecule has 0 bridgehead atoms. The summed E-state index contributed by atoms with van der Waals surface area (Å²) in [5.41, 5.74) is 2.17. The molecule has 0 atom stereocenters. The second-order valence-electron chi connectivity index (χ2n) is 5.93. The van der Waals surface area contributed by atoms with Crippen LogP contribution in [-0.4, -0.2) is 35.0 Å². The normalized spacial score (nSPS) is 10.6. The lowest BCUT2D eigenvalue weighted by molar-refractivity contribution is -0.120. The molecule has 140 valence electrons. The van der Waals surface area contributed by atoms with E-state index >= 15 is 0 Å². The van der Waals surface area contributed by atoms with Gasteiger partial charge in [0, 0.05) is 7.05 Å². The van der Waals surface area contributed by atoms with E-state index in [1.165, 1.54) is 0 Å². The van der Waals surface area contributed by atoms with Crippen LogP contribution in [0, 0.1) is 0 Å². The van der Waals surface area contributed by atoms with Crippen LogP contribution in [0.2, 0.25) is 0 Å². The largest absolute Gasteiger partial charge is 0.492 e. The van der Waals surface area contributed by atoms with Crippen molar-refractivity contribution in [3.05, 3.63) is 54.4 Å². The number of benzene rings is 2. The van der Waals surface area contributed by atoms with E-state index in [-0.39, 0.29) is 24.8 Å². The van der Waals surface area contributed by atoms with E-state index in [2.05, 4.69) is 15.6 Å². The Morgan fingerprint density at radius 1 is 1.07 bits per heavy atom. The molecule has 0 unspecified atom stereocenters. The number of carbonyl (C=O) groups is 2. The summed E-state index contributed by atoms with van der Waals surface area (Å²) in [4.78, 5) is 29.0. The third kappa shape index (κ3) is 4.25. The lowest BCUT2D eigenvalue weighted by Gasteiger charge is -2.13. The van der Waals surface area contributed by atoms with Crippen molar-refractivity contribution in [2.75, 3.05) is 19.0 Å². The Hall–Kier alpha value is -3.35. The lowest BCUT2D eigenvalue weighted by Crippen LogP contribution is -2.25. The molecule has 3 rings (SSSR count). The van der Waals surface area contributed by atoms with Gasteiger partial charge in [0.05, 0.1) is 29.7 Å². The van der Waals surface area contributed by atoms with Crippen LogP contribution in [0.1, 0.15) is 12.7 Å². The maximum absolute atomic E-state index is 12.7. The number of hydrogen-bond donors (Lipinski definition) is 2. The van der Waals surface area contributed by atoms with Gasteiger partial charge in [0.15, 0.2) is 0 Å². The van der Waals surface area contributed by atoms with Crippen molar-refractivity contribution in [2.24, 2.45) is 0 Å². The predicted octanol–water partition coefficient (Wildman–Crippen LogP) is 2.36. The van der Waals surface area contributed by atoms with Gasteiger partial charge in [0.25, 0.3) is 0 Å². The summed E-state index contributed by atoms with van der Waals surface area (Å²) in [6.45, 7) is 2.45. The number of ether oxygens (including phenoxy) is 1. The molecular formula is C20H22N4O3. The number of nitrogens with one attached hydrogen (secondary N) is 2. The Labute approximate surface area is 157 Å². The van der Waals surface area contributed by atoms with Gasteiger partial charge in [-0.1, -0.05) is 24.3 Å². The number of hydrogen-bond acceptors (Lipinski definition) is 4. The van der Waals surface area contributed by atoms with Crippen LogP contribution < -0.4 is 15.4 Å². The highest BCUT2D eigenvalue weighted by atomic mass is 16.5. The molecule has 2 N–H and O–H groups in total. The number of para-hydroxylation sites is 4. The van der Waals surface area contributed by atoms with Gasteiger partial charge in [-0.3, -0.25) is 9.59 Å². The number of aromatic nitrogens is 2. The summed E-state index contributed by atoms with van der Waals surface area (Å²) in [5, 5.41) is 5.47. The minimum Gasteiger partial charge on any atom is -0.492 e. The minimum atomic E-state index is -0.219. The van der Waals surface area contributed by atoms with Crippen molar-refractivity contribution >= 4 is 28.5 Å². The first kappa shape index (κ1) is 18.4. The Morgan fingerprint density at radius 2 is 1.81 bits per heavy atom. The summed E-state index contributed by atoms with van der Waals surface area (Å²) >= 11 is 0. The third-order valence-electron chi connectivity index (χ3n) is 4.09. The van der Waals surface area contributed by atoms with Crippen molar-refractivity contribution in [1.29, 1.82) is 0 Å². The van der Waals surface area contributed by atoms with Gasteiger partial charge in [-0.2, -0.15) is 0 Å². The molecule has 3 aromatic rings. The van der Waals surface area contributed by atoms with E-state index in [1.807, 2.05) is 49.4 Å². The molecule has 0 saturated carbocycles. The Morgan fingerprint density at radius 3 is 2.59 bits per heavy atom. The average molecular weight is 366 g/mol. The van der Waals surface area contributed by atoms with Crippen molar-refractivity contribution in [3.8, 4) is 5.75 Å². The van der Waals surface area contributed by atoms with E-state index < -0.39 is 0 Å². The second kappa shape index (κ2) is 8.35. The summed E-state index contributed by atoms with van der Waals surface area (Å²) in [6, 6.07) is 14.8. The van der Waals surface area contributed by atoms with Gasteiger partial charge >= 0.3 is 0 Å². The highest BCUT2D eigenvalue weighted by molar-refractivity contribution is 5.93. The Kier molecular flexibility index (Phi) is 5.71. The fourth-order valence-electron chi connectivity index (χ4n) is 2.85. The number of nitrogens with zero attached hydrogens (tertiary/aromatic N) is 2. The molecule has 1 aromatic heterocycles. The molecule has 7 heteroatoms. The molecule has 0 aliphatic heterocycles. The van der Waals surface area contributed by atoms with Crippen molar-refractivity contribution in [2.45, 2.75) is 19.9 Å². The first-order chi connectivity index (χ1) is 13.1. The molecule has 2 aromatic carbocycles. The number of imidazole rings is 1. The van der Waals surface area contributed by atoms with Crippen LogP contribution in [0.25, 0.3) is 11.0 Å². The van der Waals surface area contributed by atoms with E-state index in [4.69, 9.17) is 4.74 Å². The summed E-state index contributed by atoms with van der Waals surface area (Å²) in [6.07, 6.45) is 0.105. The Balaban J connectivity index is 1.86. The van der Waals surface area contributed by atoms with Crippen LogP contribution in [0.15, 0.2) is 48.5 Å². The van der Waals surface area contributed by atoms with Crippen molar-refractivity contribution < 1.29 is 14.3 Å². The predicted molar refractivity (Wildman–Crippen MR) is 104 cm³/mol. The Bertz CT molecular complexity index is 965. The molecule has 0 aliphatic carbocycles. The quantitative estimate of drug-likeness (QED) is 0.672. The summed E-state index contributed by atoms with van der Waals surface area (Å²) in [5.74, 6) is 0.787. The number of anilines is 1. The molecule has 27 heavy (non-hydrogen) atoms. The van der Waals surface area contributed by atoms with Crippen LogP contribution in [0.5, 0.6) is 5.75 Å². The molecule has 7 nitrogen and oxygen atoms in total.